The van der Waals surface area contributed by atoms with Crippen molar-refractivity contribution in [1.82, 2.24) is 0 Å². The predicted octanol–water partition coefficient (Wildman–Crippen LogP) is 3.37. The summed E-state index contributed by atoms with van der Waals surface area (Å²) in [5.41, 5.74) is 1.64. The molecular weight excluding hydrogens is 259 g/mol. The summed E-state index contributed by atoms with van der Waals surface area (Å²) in [5.74, 6) is -2.33. The summed E-state index contributed by atoms with van der Waals surface area (Å²) in [5, 5.41) is 9.27. The molecule has 0 amide bonds. The number of hydrogen-bond acceptors (Lipinski definition) is 2. The number of rotatable bonds is 3. The van der Waals surface area contributed by atoms with E-state index in [2.05, 4.69) is 0 Å². The van der Waals surface area contributed by atoms with E-state index in [-0.39, 0.29) is 17.5 Å². The largest absolute Gasteiger partial charge is 0.481 e. The Kier molecular flexibility index (Phi) is 3.93. The maximum Gasteiger partial charge on any atom is 0.307 e. The molecule has 2 rings (SSSR count). The second-order valence-electron chi connectivity index (χ2n) is 5.91. The minimum Gasteiger partial charge on any atom is -0.481 e. The summed E-state index contributed by atoms with van der Waals surface area (Å²) in [7, 11) is 0. The fourth-order valence-electron chi connectivity index (χ4n) is 3.34. The zero-order valence-electron chi connectivity index (χ0n) is 11.9. The van der Waals surface area contributed by atoms with E-state index >= 15 is 0 Å². The van der Waals surface area contributed by atoms with E-state index in [4.69, 9.17) is 0 Å². The predicted molar refractivity (Wildman–Crippen MR) is 73.2 cm³/mol. The first kappa shape index (κ1) is 14.7. The zero-order valence-corrected chi connectivity index (χ0v) is 11.9. The quantitative estimate of drug-likeness (QED) is 0.862. The summed E-state index contributed by atoms with van der Waals surface area (Å²) in [6, 6.07) is 2.66. The second-order valence-corrected chi connectivity index (χ2v) is 5.91. The van der Waals surface area contributed by atoms with Crippen molar-refractivity contribution in [1.29, 1.82) is 0 Å². The summed E-state index contributed by atoms with van der Waals surface area (Å²) in [6.07, 6.45) is 1.12. The van der Waals surface area contributed by atoms with Crippen molar-refractivity contribution >= 4 is 11.8 Å². The van der Waals surface area contributed by atoms with E-state index in [1.54, 1.807) is 13.8 Å². The Morgan fingerprint density at radius 3 is 2.15 bits per heavy atom. The molecule has 0 saturated heterocycles. The lowest BCUT2D eigenvalue weighted by molar-refractivity contribution is -0.142. The molecule has 0 aliphatic heterocycles. The van der Waals surface area contributed by atoms with E-state index in [0.29, 0.717) is 29.5 Å². The van der Waals surface area contributed by atoms with Crippen molar-refractivity contribution < 1.29 is 19.1 Å². The highest BCUT2D eigenvalue weighted by Gasteiger charge is 2.41. The molecule has 1 aromatic carbocycles. The van der Waals surface area contributed by atoms with Crippen LogP contribution in [0.15, 0.2) is 12.1 Å². The number of ketones is 1. The maximum absolute atomic E-state index is 13.3. The van der Waals surface area contributed by atoms with Crippen LogP contribution in [0, 0.1) is 37.4 Å². The average molecular weight is 278 g/mol. The van der Waals surface area contributed by atoms with Crippen LogP contribution in [-0.4, -0.2) is 16.9 Å². The van der Waals surface area contributed by atoms with Gasteiger partial charge in [-0.3, -0.25) is 9.59 Å². The highest BCUT2D eigenvalue weighted by molar-refractivity contribution is 6.02. The van der Waals surface area contributed by atoms with E-state index in [1.807, 2.05) is 6.92 Å². The Bertz CT molecular complexity index is 542. The van der Waals surface area contributed by atoms with E-state index < -0.39 is 17.8 Å². The van der Waals surface area contributed by atoms with Gasteiger partial charge in [0.15, 0.2) is 5.78 Å². The van der Waals surface area contributed by atoms with E-state index in [0.717, 1.165) is 0 Å². The first-order valence-corrected chi connectivity index (χ1v) is 6.85. The molecule has 0 aromatic heterocycles. The summed E-state index contributed by atoms with van der Waals surface area (Å²) < 4.78 is 13.3. The number of carboxylic acids is 1. The first-order chi connectivity index (χ1) is 9.31. The molecule has 4 heteroatoms. The van der Waals surface area contributed by atoms with E-state index in [1.165, 1.54) is 12.1 Å². The number of carboxylic acid groups (broad SMARTS) is 1. The molecule has 3 nitrogen and oxygen atoms in total. The number of aliphatic carboxylic acids is 1. The lowest BCUT2D eigenvalue weighted by Crippen LogP contribution is -2.26. The fourth-order valence-corrected chi connectivity index (χ4v) is 3.34. The van der Waals surface area contributed by atoms with Crippen molar-refractivity contribution in [3.8, 4) is 0 Å². The van der Waals surface area contributed by atoms with E-state index in [9.17, 15) is 19.1 Å². The van der Waals surface area contributed by atoms with Gasteiger partial charge in [0.25, 0.3) is 0 Å². The molecule has 3 unspecified atom stereocenters. The fraction of sp³-hybridized carbons (Fsp3) is 0.500. The van der Waals surface area contributed by atoms with Crippen LogP contribution in [0.1, 0.15) is 41.3 Å². The van der Waals surface area contributed by atoms with Crippen LogP contribution in [0.4, 0.5) is 4.39 Å². The molecule has 1 aromatic rings. The summed E-state index contributed by atoms with van der Waals surface area (Å²) in [6.45, 7) is 5.35. The van der Waals surface area contributed by atoms with Gasteiger partial charge < -0.3 is 5.11 Å². The third-order valence-corrected chi connectivity index (χ3v) is 4.20. The lowest BCUT2D eigenvalue weighted by atomic mass is 9.85. The standard InChI is InChI=1S/C16H19FO3/c1-8-4-12(13(5-8)16(19)20)15(18)14-9(2)6-11(17)7-10(14)3/h6-8,12-13H,4-5H2,1-3H3,(H,19,20). The molecule has 1 N–H and O–H groups in total. The third kappa shape index (κ3) is 2.60. The summed E-state index contributed by atoms with van der Waals surface area (Å²) >= 11 is 0. The van der Waals surface area contributed by atoms with Crippen LogP contribution in [0.3, 0.4) is 0 Å². The topological polar surface area (TPSA) is 54.4 Å². The number of halogens is 1. The van der Waals surface area contributed by atoms with Gasteiger partial charge >= 0.3 is 5.97 Å². The normalized spacial score (nSPS) is 25.7. The van der Waals surface area contributed by atoms with Crippen molar-refractivity contribution in [2.75, 3.05) is 0 Å². The van der Waals surface area contributed by atoms with Crippen molar-refractivity contribution in [2.45, 2.75) is 33.6 Å². The number of carbonyl (C=O) groups excluding carboxylic acids is 1. The minimum atomic E-state index is -0.912. The van der Waals surface area contributed by atoms with Crippen LogP contribution in [0.25, 0.3) is 0 Å². The summed E-state index contributed by atoms with van der Waals surface area (Å²) in [4.78, 5) is 24.0. The number of Topliss-reactive ketones (excluding diaryl/α,β-unsaturated/α-hetero) is 1. The van der Waals surface area contributed by atoms with Crippen LogP contribution in [-0.2, 0) is 4.79 Å². The molecule has 0 radical (unpaired) electrons. The Hall–Kier alpha value is -1.71. The molecule has 0 spiro atoms. The van der Waals surface area contributed by atoms with Crippen LogP contribution < -0.4 is 0 Å². The lowest BCUT2D eigenvalue weighted by Gasteiger charge is -2.17. The van der Waals surface area contributed by atoms with Crippen LogP contribution >= 0.6 is 0 Å². The first-order valence-electron chi connectivity index (χ1n) is 6.85. The van der Waals surface area contributed by atoms with Gasteiger partial charge in [-0.15, -0.1) is 0 Å². The van der Waals surface area contributed by atoms with Crippen molar-refractivity contribution in [3.63, 3.8) is 0 Å². The Morgan fingerprint density at radius 2 is 1.65 bits per heavy atom. The van der Waals surface area contributed by atoms with Gasteiger partial charge in [0, 0.05) is 11.5 Å². The van der Waals surface area contributed by atoms with Gasteiger partial charge in [0.05, 0.1) is 5.92 Å². The maximum atomic E-state index is 13.3. The monoisotopic (exact) mass is 278 g/mol. The van der Waals surface area contributed by atoms with Gasteiger partial charge in [-0.1, -0.05) is 6.92 Å². The van der Waals surface area contributed by atoms with Gasteiger partial charge in [-0.05, 0) is 55.9 Å². The minimum absolute atomic E-state index is 0.156. The number of aryl methyl sites for hydroxylation is 2. The molecule has 1 fully saturated rings. The third-order valence-electron chi connectivity index (χ3n) is 4.20. The molecule has 3 atom stereocenters. The second kappa shape index (κ2) is 5.35. The van der Waals surface area contributed by atoms with Crippen LogP contribution in [0.2, 0.25) is 0 Å². The molecule has 0 heterocycles. The average Bonchev–Trinajstić information content (AvgIpc) is 2.70. The molecular formula is C16H19FO3. The van der Waals surface area contributed by atoms with Crippen LogP contribution in [0.5, 0.6) is 0 Å². The molecule has 1 saturated carbocycles. The zero-order chi connectivity index (χ0) is 15.0. The highest BCUT2D eigenvalue weighted by Crippen LogP contribution is 2.39. The molecule has 1 aliphatic carbocycles. The van der Waals surface area contributed by atoms with Gasteiger partial charge in [-0.25, -0.2) is 4.39 Å². The number of carbonyl (C=O) groups is 2. The number of benzene rings is 1. The van der Waals surface area contributed by atoms with Crippen molar-refractivity contribution in [3.05, 3.63) is 34.6 Å². The molecule has 1 aliphatic rings. The molecule has 0 bridgehead atoms. The van der Waals surface area contributed by atoms with Gasteiger partial charge in [0.1, 0.15) is 5.82 Å². The Labute approximate surface area is 117 Å². The highest BCUT2D eigenvalue weighted by atomic mass is 19.1. The van der Waals surface area contributed by atoms with Crippen molar-refractivity contribution in [2.24, 2.45) is 17.8 Å². The Morgan fingerprint density at radius 1 is 1.15 bits per heavy atom. The smallest absolute Gasteiger partial charge is 0.307 e. The van der Waals surface area contributed by atoms with Gasteiger partial charge in [-0.2, -0.15) is 0 Å². The number of hydrogen-bond donors (Lipinski definition) is 1. The SMILES string of the molecule is Cc1cc(F)cc(C)c1C(=O)C1CC(C)CC1C(=O)O. The Balaban J connectivity index is 2.39. The van der Waals surface area contributed by atoms with Gasteiger partial charge in [0.2, 0.25) is 0 Å². The molecule has 108 valence electrons. The molecule has 20 heavy (non-hydrogen) atoms.